The fourth-order valence-corrected chi connectivity index (χ4v) is 12.1. The molecule has 188 valence electrons. The van der Waals surface area contributed by atoms with E-state index in [1.165, 1.54) is 21.2 Å². The number of hydrogen-bond donors (Lipinski definition) is 1. The fourth-order valence-electron chi connectivity index (χ4n) is 5.20. The fraction of sp³-hybridized carbons (Fsp3) is 0. The third-order valence-corrected chi connectivity index (χ3v) is 13.1. The molecule has 5 aromatic carbocycles. The van der Waals surface area contributed by atoms with E-state index in [4.69, 9.17) is 0 Å². The zero-order valence-electron chi connectivity index (χ0n) is 19.8. The molecule has 0 radical (unpaired) electrons. The summed E-state index contributed by atoms with van der Waals surface area (Å²) in [5.74, 6) is 0.311. The summed E-state index contributed by atoms with van der Waals surface area (Å²) in [5.41, 5.74) is 0. The van der Waals surface area contributed by atoms with Crippen LogP contribution in [-0.2, 0) is 0 Å². The minimum absolute atomic E-state index is 0.311. The molecule has 37 heavy (non-hydrogen) atoms. The van der Waals surface area contributed by atoms with Gasteiger partial charge in [-0.2, -0.15) is 0 Å². The second-order valence-corrected chi connectivity index (χ2v) is 13.2. The van der Waals surface area contributed by atoms with Gasteiger partial charge < -0.3 is 17.3 Å². The second kappa shape index (κ2) is 10.6. The van der Waals surface area contributed by atoms with Gasteiger partial charge in [0, 0.05) is 0 Å². The average Bonchev–Trinajstić information content (AvgIpc) is 2.92. The molecule has 0 aliphatic heterocycles. The molecule has 1 N–H and O–H groups in total. The quantitative estimate of drug-likeness (QED) is 0.167. The molecule has 7 heteroatoms. The molecule has 0 unspecified atom stereocenters. The van der Waals surface area contributed by atoms with Gasteiger partial charge in [-0.1, -0.05) is 0 Å². The molecule has 0 saturated carbocycles. The number of benzene rings is 5. The van der Waals surface area contributed by atoms with E-state index in [9.17, 15) is 22.4 Å². The van der Waals surface area contributed by atoms with E-state index >= 15 is 0 Å². The summed E-state index contributed by atoms with van der Waals surface area (Å²) in [5, 5.41) is 17.2. The molecule has 5 aromatic rings. The molecule has 0 saturated heterocycles. The van der Waals surface area contributed by atoms with Crippen molar-refractivity contribution in [1.29, 1.82) is 0 Å². The molecule has 0 aromatic heterocycles. The third-order valence-electron chi connectivity index (χ3n) is 6.45. The number of phenols is 1. The van der Waals surface area contributed by atoms with Gasteiger partial charge in [0.15, 0.2) is 0 Å². The first kappa shape index (κ1) is 26.2. The molecule has 0 heterocycles. The van der Waals surface area contributed by atoms with Crippen molar-refractivity contribution in [2.75, 3.05) is 0 Å². The zero-order chi connectivity index (χ0) is 26.4. The Morgan fingerprint density at radius 2 is 0.649 bits per heavy atom. The monoisotopic (exact) mass is 519 g/mol. The van der Waals surface area contributed by atoms with Gasteiger partial charge in [0.1, 0.15) is 0 Å². The Hall–Kier alpha value is -3.89. The van der Waals surface area contributed by atoms with Crippen molar-refractivity contribution in [2.45, 2.75) is 0 Å². The predicted octanol–water partition coefficient (Wildman–Crippen LogP) is 6.17. The number of rotatable bonds is 5. The second-order valence-electron chi connectivity index (χ2n) is 8.44. The molecule has 5 rings (SSSR count). The molecule has 1 nitrogen and oxygen atoms in total. The molecule has 0 aliphatic carbocycles. The maximum atomic E-state index is 11.5. The first-order valence-electron chi connectivity index (χ1n) is 11.7. The van der Waals surface area contributed by atoms with Crippen molar-refractivity contribution >= 4 is 40.4 Å². The summed E-state index contributed by atoms with van der Waals surface area (Å²) >= 11 is 0. The summed E-state index contributed by atoms with van der Waals surface area (Å²) in [7, 11) is -6.00. The van der Waals surface area contributed by atoms with Crippen molar-refractivity contribution in [3.05, 3.63) is 146 Å². The van der Waals surface area contributed by atoms with E-state index in [0.29, 0.717) is 5.75 Å². The third kappa shape index (κ3) is 4.65. The molecule has 0 aliphatic rings. The van der Waals surface area contributed by atoms with Crippen LogP contribution >= 0.6 is 6.60 Å². The molecule has 0 spiro atoms. The van der Waals surface area contributed by atoms with E-state index in [2.05, 4.69) is 127 Å². The van der Waals surface area contributed by atoms with Gasteiger partial charge in [0.05, 0.1) is 0 Å². The van der Waals surface area contributed by atoms with Gasteiger partial charge in [-0.3, -0.25) is 0 Å². The van der Waals surface area contributed by atoms with Gasteiger partial charge in [-0.25, -0.2) is 0 Å². The Labute approximate surface area is 214 Å². The minimum atomic E-state index is -6.00. The van der Waals surface area contributed by atoms with Gasteiger partial charge in [-0.05, 0) is 0 Å². The van der Waals surface area contributed by atoms with Crippen molar-refractivity contribution in [3.63, 3.8) is 0 Å². The molecule has 0 amide bonds. The molecule has 0 fully saturated rings. The van der Waals surface area contributed by atoms with Gasteiger partial charge in [-0.15, -0.1) is 0 Å². The first-order chi connectivity index (χ1) is 17.8. The average molecular weight is 519 g/mol. The van der Waals surface area contributed by atoms with Crippen LogP contribution < -0.4 is 26.5 Å². The predicted molar refractivity (Wildman–Crippen MR) is 149 cm³/mol. The van der Waals surface area contributed by atoms with Crippen molar-refractivity contribution in [2.24, 2.45) is 0 Å². The van der Waals surface area contributed by atoms with Gasteiger partial charge in [0.2, 0.25) is 0 Å². The van der Waals surface area contributed by atoms with Crippen LogP contribution in [0, 0.1) is 0 Å². The van der Waals surface area contributed by atoms with Crippen molar-refractivity contribution < 1.29 is 22.4 Å². The van der Waals surface area contributed by atoms with Crippen molar-refractivity contribution in [1.82, 2.24) is 0 Å². The summed E-state index contributed by atoms with van der Waals surface area (Å²) in [6.07, 6.45) is 0. The van der Waals surface area contributed by atoms with Crippen LogP contribution in [0.3, 0.4) is 0 Å². The van der Waals surface area contributed by atoms with Crippen LogP contribution in [0.15, 0.2) is 146 Å². The SMILES string of the molecule is F[B-](F)(F)F.Oc1ccccc1P(c1ccccc1)(c1ccccc1)(c1ccccc1)c1ccccc1. The Morgan fingerprint density at radius 3 is 0.919 bits per heavy atom. The summed E-state index contributed by atoms with van der Waals surface area (Å²) in [4.78, 5) is 0. The van der Waals surface area contributed by atoms with Crippen LogP contribution in [0.25, 0.3) is 0 Å². The standard InChI is InChI=1S/C30H25OP.BF4/c31-29-23-13-14-24-30(29)32(25-15-5-1-6-16-25,26-17-7-2-8-18-26,27-19-9-3-10-20-27)28-21-11-4-12-22-28;2-1(3,4)5/h1-24,31H;/q;-1. The normalized spacial score (nSPS) is 12.5. The Morgan fingerprint density at radius 1 is 0.405 bits per heavy atom. The zero-order valence-corrected chi connectivity index (χ0v) is 20.7. The van der Waals surface area contributed by atoms with Crippen molar-refractivity contribution in [3.8, 4) is 5.75 Å². The molecular weight excluding hydrogens is 494 g/mol. The number of aromatic hydroxyl groups is 1. The Balaban J connectivity index is 0.000000586. The Kier molecular flexibility index (Phi) is 7.51. The van der Waals surface area contributed by atoms with Crippen LogP contribution in [0.4, 0.5) is 17.3 Å². The van der Waals surface area contributed by atoms with E-state index in [0.717, 1.165) is 5.30 Å². The van der Waals surface area contributed by atoms with Crippen LogP contribution in [0.5, 0.6) is 5.75 Å². The Bertz CT molecular complexity index is 1260. The number of halogens is 4. The molecule has 0 bridgehead atoms. The summed E-state index contributed by atoms with van der Waals surface area (Å²) in [6, 6.07) is 50.7. The van der Waals surface area contributed by atoms with E-state index < -0.39 is 13.9 Å². The van der Waals surface area contributed by atoms with E-state index in [1.54, 1.807) is 0 Å². The number of phenolic OH excluding ortho intramolecular Hbond substituents is 1. The van der Waals surface area contributed by atoms with E-state index in [-0.39, 0.29) is 0 Å². The first-order valence-corrected chi connectivity index (χ1v) is 13.9. The molecular formula is C30H25BF4OP-. The van der Waals surface area contributed by atoms with Gasteiger partial charge in [0.25, 0.3) is 0 Å². The van der Waals surface area contributed by atoms with Crippen LogP contribution in [-0.4, -0.2) is 12.4 Å². The maximum absolute atomic E-state index is 11.5. The molecule has 0 atom stereocenters. The van der Waals surface area contributed by atoms with E-state index in [1.807, 2.05) is 18.2 Å². The topological polar surface area (TPSA) is 20.2 Å². The summed E-state index contributed by atoms with van der Waals surface area (Å²) < 4.78 is 39.0. The number of hydrogen-bond acceptors (Lipinski definition) is 1. The van der Waals surface area contributed by atoms with Crippen LogP contribution in [0.2, 0.25) is 0 Å². The number of para-hydroxylation sites is 1. The summed E-state index contributed by atoms with van der Waals surface area (Å²) in [6.45, 7) is -3.56. The van der Waals surface area contributed by atoms with Crippen LogP contribution in [0.1, 0.15) is 0 Å². The van der Waals surface area contributed by atoms with Gasteiger partial charge >= 0.3 is 197 Å².